The number of hydrogen-bond donors (Lipinski definition) is 1. The van der Waals surface area contributed by atoms with E-state index in [2.05, 4.69) is 5.10 Å². The van der Waals surface area contributed by atoms with Gasteiger partial charge in [0.25, 0.3) is 15.9 Å². The summed E-state index contributed by atoms with van der Waals surface area (Å²) in [5.74, 6) is -1.78. The lowest BCUT2D eigenvalue weighted by atomic mass is 10.3. The second kappa shape index (κ2) is 7.64. The van der Waals surface area contributed by atoms with E-state index >= 15 is 0 Å². The molecule has 1 N–H and O–H groups in total. The molecule has 1 unspecified atom stereocenters. The average molecular weight is 408 g/mol. The smallest absolute Gasteiger partial charge is 0.287 e. The molecule has 27 heavy (non-hydrogen) atoms. The van der Waals surface area contributed by atoms with Crippen LogP contribution in [0.15, 0.2) is 41.6 Å². The highest BCUT2D eigenvalue weighted by Crippen LogP contribution is 2.18. The number of aromatic nitrogens is 2. The van der Waals surface area contributed by atoms with E-state index in [0.717, 1.165) is 37.1 Å². The Morgan fingerprint density at radius 1 is 1.33 bits per heavy atom. The molecule has 1 aromatic heterocycles. The minimum atomic E-state index is -4.54. The van der Waals surface area contributed by atoms with Crippen molar-refractivity contribution in [3.05, 3.63) is 42.5 Å². The van der Waals surface area contributed by atoms with Crippen LogP contribution in [0, 0.1) is 5.82 Å². The first-order valence-corrected chi connectivity index (χ1v) is 9.02. The zero-order valence-corrected chi connectivity index (χ0v) is 15.1. The van der Waals surface area contributed by atoms with Gasteiger partial charge in [0, 0.05) is 0 Å². The summed E-state index contributed by atoms with van der Waals surface area (Å²) in [5.41, 5.74) is -0.0106. The Morgan fingerprint density at radius 3 is 2.56 bits per heavy atom. The van der Waals surface area contributed by atoms with Gasteiger partial charge in [-0.05, 0) is 26.1 Å². The molecule has 0 aliphatic carbocycles. The minimum Gasteiger partial charge on any atom is -0.287 e. The van der Waals surface area contributed by atoms with Gasteiger partial charge in [-0.1, -0.05) is 12.1 Å². The van der Waals surface area contributed by atoms with E-state index in [4.69, 9.17) is 0 Å². The van der Waals surface area contributed by atoms with E-state index < -0.39 is 45.4 Å². The molecule has 0 saturated heterocycles. The third kappa shape index (κ3) is 5.26. The second-order valence-corrected chi connectivity index (χ2v) is 7.43. The number of hydrogen-bond acceptors (Lipinski definition) is 5. The highest BCUT2D eigenvalue weighted by Gasteiger charge is 2.34. The number of benzene rings is 1. The van der Waals surface area contributed by atoms with Crippen LogP contribution < -0.4 is 4.72 Å². The number of sulfonamides is 1. The number of carbonyl (C=O) groups is 1. The van der Waals surface area contributed by atoms with Crippen molar-refractivity contribution in [2.75, 3.05) is 13.6 Å². The molecule has 1 amide bonds. The van der Waals surface area contributed by atoms with E-state index in [9.17, 15) is 30.8 Å². The SMILES string of the molecule is CC(C(=O)NS(=O)(=O)c1cnn(-c2ccccc2F)c1)N(C)CC(F)(F)F. The lowest BCUT2D eigenvalue weighted by molar-refractivity contribution is -0.150. The van der Waals surface area contributed by atoms with Crippen molar-refractivity contribution >= 4 is 15.9 Å². The molecule has 7 nitrogen and oxygen atoms in total. The normalized spacial score (nSPS) is 13.6. The zero-order chi connectivity index (χ0) is 20.4. The van der Waals surface area contributed by atoms with E-state index in [0.29, 0.717) is 4.90 Å². The maximum Gasteiger partial charge on any atom is 0.401 e. The molecule has 2 aromatic rings. The molecule has 1 atom stereocenters. The van der Waals surface area contributed by atoms with Crippen LogP contribution in [0.2, 0.25) is 0 Å². The molecule has 148 valence electrons. The molecule has 0 bridgehead atoms. The first-order chi connectivity index (χ1) is 12.4. The number of carbonyl (C=O) groups excluding carboxylic acids is 1. The molecule has 0 saturated carbocycles. The second-order valence-electron chi connectivity index (χ2n) is 5.75. The summed E-state index contributed by atoms with van der Waals surface area (Å²) in [7, 11) is -3.35. The fraction of sp³-hybridized carbons (Fsp3) is 0.333. The molecular formula is C15H16F4N4O3S. The Morgan fingerprint density at radius 2 is 1.96 bits per heavy atom. The van der Waals surface area contributed by atoms with Gasteiger partial charge in [0.1, 0.15) is 16.4 Å². The van der Waals surface area contributed by atoms with Crippen LogP contribution in [-0.4, -0.2) is 54.8 Å². The summed E-state index contributed by atoms with van der Waals surface area (Å²) in [5, 5.41) is 3.74. The Labute approximate surface area is 152 Å². The summed E-state index contributed by atoms with van der Waals surface area (Å²) in [6, 6.07) is 4.13. The molecule has 0 aliphatic heterocycles. The van der Waals surface area contributed by atoms with Crippen LogP contribution in [0.25, 0.3) is 5.69 Å². The molecule has 0 spiro atoms. The van der Waals surface area contributed by atoms with E-state index in [1.807, 2.05) is 0 Å². The quantitative estimate of drug-likeness (QED) is 0.736. The van der Waals surface area contributed by atoms with Gasteiger partial charge in [-0.3, -0.25) is 9.69 Å². The topological polar surface area (TPSA) is 84.3 Å². The fourth-order valence-electron chi connectivity index (χ4n) is 2.11. The molecule has 2 rings (SSSR count). The summed E-state index contributed by atoms with van der Waals surface area (Å²) in [6.45, 7) is -0.244. The molecule has 1 aromatic carbocycles. The van der Waals surface area contributed by atoms with Crippen LogP contribution in [0.4, 0.5) is 17.6 Å². The van der Waals surface area contributed by atoms with Gasteiger partial charge < -0.3 is 0 Å². The Kier molecular flexibility index (Phi) is 5.90. The van der Waals surface area contributed by atoms with Crippen LogP contribution in [-0.2, 0) is 14.8 Å². The van der Waals surface area contributed by atoms with Crippen LogP contribution in [0.5, 0.6) is 0 Å². The van der Waals surface area contributed by atoms with Gasteiger partial charge in [-0.2, -0.15) is 18.3 Å². The highest BCUT2D eigenvalue weighted by atomic mass is 32.2. The van der Waals surface area contributed by atoms with Gasteiger partial charge in [0.05, 0.1) is 25.0 Å². The predicted octanol–water partition coefficient (Wildman–Crippen LogP) is 1.70. The Balaban J connectivity index is 2.15. The molecular weight excluding hydrogens is 392 g/mol. The Bertz CT molecular complexity index is 927. The summed E-state index contributed by atoms with van der Waals surface area (Å²) in [6.07, 6.45) is -2.66. The van der Waals surface area contributed by atoms with Crippen LogP contribution in [0.1, 0.15) is 6.92 Å². The monoisotopic (exact) mass is 408 g/mol. The van der Waals surface area contributed by atoms with Crippen molar-refractivity contribution in [1.29, 1.82) is 0 Å². The van der Waals surface area contributed by atoms with Crippen molar-refractivity contribution in [2.24, 2.45) is 0 Å². The number of nitrogens with zero attached hydrogens (tertiary/aromatic N) is 3. The van der Waals surface area contributed by atoms with Gasteiger partial charge in [0.15, 0.2) is 0 Å². The number of para-hydroxylation sites is 1. The van der Waals surface area contributed by atoms with Gasteiger partial charge >= 0.3 is 6.18 Å². The number of rotatable bonds is 6. The standard InChI is InChI=1S/C15H16F4N4O3S/c1-10(22(2)9-15(17,18)19)14(24)21-27(25,26)11-7-20-23(8-11)13-6-4-3-5-12(13)16/h3-8,10H,9H2,1-2H3,(H,21,24). The van der Waals surface area contributed by atoms with Crippen molar-refractivity contribution < 1.29 is 30.8 Å². The van der Waals surface area contributed by atoms with Crippen molar-refractivity contribution in [3.63, 3.8) is 0 Å². The van der Waals surface area contributed by atoms with Gasteiger partial charge in [0.2, 0.25) is 0 Å². The lowest BCUT2D eigenvalue weighted by Crippen LogP contribution is -2.47. The van der Waals surface area contributed by atoms with E-state index in [-0.39, 0.29) is 5.69 Å². The zero-order valence-electron chi connectivity index (χ0n) is 14.2. The predicted molar refractivity (Wildman–Crippen MR) is 87.0 cm³/mol. The summed E-state index contributed by atoms with van der Waals surface area (Å²) in [4.78, 5) is 12.2. The third-order valence-corrected chi connectivity index (χ3v) is 4.97. The summed E-state index contributed by atoms with van der Waals surface area (Å²) < 4.78 is 78.1. The minimum absolute atomic E-state index is 0.0106. The van der Waals surface area contributed by atoms with Crippen molar-refractivity contribution in [2.45, 2.75) is 24.0 Å². The van der Waals surface area contributed by atoms with Crippen molar-refractivity contribution in [3.8, 4) is 5.69 Å². The molecule has 0 radical (unpaired) electrons. The highest BCUT2D eigenvalue weighted by molar-refractivity contribution is 7.90. The first kappa shape index (κ1) is 20.8. The first-order valence-electron chi connectivity index (χ1n) is 7.54. The fourth-order valence-corrected chi connectivity index (χ4v) is 3.09. The molecule has 0 fully saturated rings. The Hall–Kier alpha value is -2.47. The van der Waals surface area contributed by atoms with E-state index in [1.54, 1.807) is 4.72 Å². The largest absolute Gasteiger partial charge is 0.401 e. The maximum absolute atomic E-state index is 13.7. The number of amides is 1. The molecule has 12 heteroatoms. The number of halogens is 4. The average Bonchev–Trinajstić information content (AvgIpc) is 3.03. The molecule has 1 heterocycles. The van der Waals surface area contributed by atoms with Crippen LogP contribution in [0.3, 0.4) is 0 Å². The molecule has 0 aliphatic rings. The maximum atomic E-state index is 13.7. The van der Waals surface area contributed by atoms with Gasteiger partial charge in [-0.25, -0.2) is 22.2 Å². The van der Waals surface area contributed by atoms with Crippen molar-refractivity contribution in [1.82, 2.24) is 19.4 Å². The van der Waals surface area contributed by atoms with E-state index in [1.165, 1.54) is 18.2 Å². The van der Waals surface area contributed by atoms with Crippen LogP contribution >= 0.6 is 0 Å². The third-order valence-electron chi connectivity index (χ3n) is 3.67. The number of nitrogens with one attached hydrogen (secondary N) is 1. The number of alkyl halides is 3. The summed E-state index contributed by atoms with van der Waals surface area (Å²) >= 11 is 0. The number of likely N-dealkylation sites (N-methyl/N-ethyl adjacent to an activating group) is 1. The van der Waals surface area contributed by atoms with Gasteiger partial charge in [-0.15, -0.1) is 0 Å². The lowest BCUT2D eigenvalue weighted by Gasteiger charge is -2.24.